The van der Waals surface area contributed by atoms with Crippen LogP contribution in [0.25, 0.3) is 0 Å². The van der Waals surface area contributed by atoms with Gasteiger partial charge in [-0.1, -0.05) is 0 Å². The lowest BCUT2D eigenvalue weighted by Gasteiger charge is -2.25. The summed E-state index contributed by atoms with van der Waals surface area (Å²) in [5, 5.41) is 7.67. The van der Waals surface area contributed by atoms with E-state index in [1.807, 2.05) is 0 Å². The molecule has 0 aromatic carbocycles. The quantitative estimate of drug-likeness (QED) is 0.696. The van der Waals surface area contributed by atoms with Crippen molar-refractivity contribution in [2.75, 3.05) is 11.5 Å². The molecule has 0 radical (unpaired) electrons. The van der Waals surface area contributed by atoms with Crippen LogP contribution in [0.4, 0.5) is 0 Å². The Kier molecular flexibility index (Phi) is 4.09. The van der Waals surface area contributed by atoms with Crippen LogP contribution in [0.1, 0.15) is 26.7 Å². The Bertz CT molecular complexity index is 533. The van der Waals surface area contributed by atoms with Gasteiger partial charge in [-0.3, -0.25) is 4.79 Å². The predicted octanol–water partition coefficient (Wildman–Crippen LogP) is -0.654. The monoisotopic (exact) mass is 299 g/mol. The van der Waals surface area contributed by atoms with Gasteiger partial charge in [0.15, 0.2) is 9.84 Å². The molecule has 1 aliphatic heterocycles. The Morgan fingerprint density at radius 3 is 2.39 bits per heavy atom. The average Bonchev–Trinajstić information content (AvgIpc) is 2.41. The van der Waals surface area contributed by atoms with Crippen LogP contribution in [-0.2, 0) is 24.7 Å². The van der Waals surface area contributed by atoms with Gasteiger partial charge in [-0.2, -0.15) is 0 Å². The van der Waals surface area contributed by atoms with Crippen molar-refractivity contribution < 1.29 is 26.7 Å². The number of hydrogen-bond donors (Lipinski definition) is 2. The number of sulfone groups is 1. The summed E-state index contributed by atoms with van der Waals surface area (Å²) in [6.45, 7) is 2.89. The van der Waals surface area contributed by atoms with Crippen LogP contribution in [0.5, 0.6) is 0 Å². The summed E-state index contributed by atoms with van der Waals surface area (Å²) >= 11 is 0. The van der Waals surface area contributed by atoms with Gasteiger partial charge >= 0.3 is 5.97 Å². The molecule has 2 N–H and O–H groups in total. The van der Waals surface area contributed by atoms with Crippen molar-refractivity contribution in [2.24, 2.45) is 0 Å². The van der Waals surface area contributed by atoms with Gasteiger partial charge in [0, 0.05) is 5.54 Å². The third-order valence-electron chi connectivity index (χ3n) is 2.64. The first-order chi connectivity index (χ1) is 7.94. The van der Waals surface area contributed by atoms with Crippen LogP contribution in [-0.4, -0.2) is 50.2 Å². The SMILES string of the molecule is CC(C)(CC(=O)O)NS(=O)(=O)C1CCS(=O)(=O)C1. The number of carbonyl (C=O) groups is 1. The molecule has 0 aromatic heterocycles. The Hall–Kier alpha value is -0.670. The smallest absolute Gasteiger partial charge is 0.305 e. The normalized spacial score (nSPS) is 24.0. The Balaban J connectivity index is 2.80. The van der Waals surface area contributed by atoms with Crippen LogP contribution in [0, 0.1) is 0 Å². The summed E-state index contributed by atoms with van der Waals surface area (Å²) < 4.78 is 48.7. The highest BCUT2D eigenvalue weighted by molar-refractivity contribution is 7.95. The van der Waals surface area contributed by atoms with Crippen molar-refractivity contribution in [3.63, 3.8) is 0 Å². The van der Waals surface area contributed by atoms with E-state index in [9.17, 15) is 21.6 Å². The zero-order valence-electron chi connectivity index (χ0n) is 10.2. The highest BCUT2D eigenvalue weighted by Crippen LogP contribution is 2.21. The van der Waals surface area contributed by atoms with E-state index in [0.29, 0.717) is 0 Å². The van der Waals surface area contributed by atoms with Crippen molar-refractivity contribution in [1.29, 1.82) is 0 Å². The van der Waals surface area contributed by atoms with Gasteiger partial charge in [-0.25, -0.2) is 21.6 Å². The van der Waals surface area contributed by atoms with Crippen LogP contribution >= 0.6 is 0 Å². The maximum atomic E-state index is 11.9. The van der Waals surface area contributed by atoms with Gasteiger partial charge in [0.05, 0.1) is 23.2 Å². The van der Waals surface area contributed by atoms with E-state index in [2.05, 4.69) is 4.72 Å². The summed E-state index contributed by atoms with van der Waals surface area (Å²) in [5.74, 6) is -1.66. The molecule has 0 spiro atoms. The molecule has 1 heterocycles. The molecule has 106 valence electrons. The summed E-state index contributed by atoms with van der Waals surface area (Å²) in [6, 6.07) is 0. The Morgan fingerprint density at radius 1 is 1.44 bits per heavy atom. The molecule has 0 aromatic rings. The molecule has 0 amide bonds. The molecule has 1 aliphatic rings. The lowest BCUT2D eigenvalue weighted by atomic mass is 10.0. The van der Waals surface area contributed by atoms with Crippen molar-refractivity contribution in [2.45, 2.75) is 37.5 Å². The second-order valence-electron chi connectivity index (χ2n) is 5.13. The fourth-order valence-electron chi connectivity index (χ4n) is 1.89. The number of sulfonamides is 1. The van der Waals surface area contributed by atoms with Crippen molar-refractivity contribution in [3.8, 4) is 0 Å². The van der Waals surface area contributed by atoms with Gasteiger partial charge in [0.1, 0.15) is 0 Å². The largest absolute Gasteiger partial charge is 0.481 e. The fourth-order valence-corrected chi connectivity index (χ4v) is 6.36. The van der Waals surface area contributed by atoms with Gasteiger partial charge in [-0.05, 0) is 20.3 Å². The lowest BCUT2D eigenvalue weighted by molar-refractivity contribution is -0.138. The highest BCUT2D eigenvalue weighted by atomic mass is 32.2. The molecular formula is C9H17NO6S2. The minimum Gasteiger partial charge on any atom is -0.481 e. The molecule has 18 heavy (non-hydrogen) atoms. The second-order valence-corrected chi connectivity index (χ2v) is 9.32. The van der Waals surface area contributed by atoms with E-state index in [0.717, 1.165) is 0 Å². The maximum absolute atomic E-state index is 11.9. The van der Waals surface area contributed by atoms with Crippen molar-refractivity contribution >= 4 is 25.8 Å². The summed E-state index contributed by atoms with van der Waals surface area (Å²) in [4.78, 5) is 10.6. The zero-order chi connectivity index (χ0) is 14.2. The number of hydrogen-bond acceptors (Lipinski definition) is 5. The molecule has 1 saturated heterocycles. The van der Waals surface area contributed by atoms with E-state index >= 15 is 0 Å². The van der Waals surface area contributed by atoms with Crippen molar-refractivity contribution in [3.05, 3.63) is 0 Å². The number of rotatable bonds is 5. The minimum atomic E-state index is -3.83. The van der Waals surface area contributed by atoms with Crippen LogP contribution < -0.4 is 4.72 Å². The van der Waals surface area contributed by atoms with Gasteiger partial charge in [-0.15, -0.1) is 0 Å². The van der Waals surface area contributed by atoms with Gasteiger partial charge in [0.2, 0.25) is 10.0 Å². The molecule has 1 rings (SSSR count). The first kappa shape index (κ1) is 15.4. The first-order valence-electron chi connectivity index (χ1n) is 5.39. The van der Waals surface area contributed by atoms with E-state index in [4.69, 9.17) is 5.11 Å². The molecule has 7 nitrogen and oxygen atoms in total. The second kappa shape index (κ2) is 4.78. The van der Waals surface area contributed by atoms with Crippen LogP contribution in [0.3, 0.4) is 0 Å². The van der Waals surface area contributed by atoms with E-state index in [1.165, 1.54) is 13.8 Å². The molecule has 0 saturated carbocycles. The molecule has 9 heteroatoms. The standard InChI is InChI=1S/C9H17NO6S2/c1-9(2,5-8(11)12)10-18(15,16)7-3-4-17(13,14)6-7/h7,10H,3-6H2,1-2H3,(H,11,12). The molecule has 0 aliphatic carbocycles. The Morgan fingerprint density at radius 2 is 2.00 bits per heavy atom. The van der Waals surface area contributed by atoms with Gasteiger partial charge in [0.25, 0.3) is 0 Å². The molecule has 1 unspecified atom stereocenters. The lowest BCUT2D eigenvalue weighted by Crippen LogP contribution is -2.48. The third-order valence-corrected chi connectivity index (χ3v) is 6.74. The van der Waals surface area contributed by atoms with Crippen molar-refractivity contribution in [1.82, 2.24) is 4.72 Å². The summed E-state index contributed by atoms with van der Waals surface area (Å²) in [5.41, 5.74) is -1.14. The highest BCUT2D eigenvalue weighted by Gasteiger charge is 2.39. The number of nitrogens with one attached hydrogen (secondary N) is 1. The number of carboxylic acids is 1. The summed E-state index contributed by atoms with van der Waals surface area (Å²) in [6.07, 6.45) is -0.313. The van der Waals surface area contributed by atoms with E-state index < -0.39 is 42.4 Å². The van der Waals surface area contributed by atoms with Crippen LogP contribution in [0.15, 0.2) is 0 Å². The predicted molar refractivity (Wildman–Crippen MR) is 65.4 cm³/mol. The number of aliphatic carboxylic acids is 1. The van der Waals surface area contributed by atoms with Gasteiger partial charge < -0.3 is 5.11 Å². The van der Waals surface area contributed by atoms with E-state index in [1.54, 1.807) is 0 Å². The average molecular weight is 299 g/mol. The maximum Gasteiger partial charge on any atom is 0.305 e. The minimum absolute atomic E-state index is 0.0564. The topological polar surface area (TPSA) is 118 Å². The molecular weight excluding hydrogens is 282 g/mol. The van der Waals surface area contributed by atoms with Crippen LogP contribution in [0.2, 0.25) is 0 Å². The Labute approximate surface area is 107 Å². The molecule has 1 fully saturated rings. The fraction of sp³-hybridized carbons (Fsp3) is 0.889. The molecule has 1 atom stereocenters. The summed E-state index contributed by atoms with van der Waals surface area (Å²) in [7, 11) is -7.12. The number of carboxylic acid groups (broad SMARTS) is 1. The third kappa shape index (κ3) is 4.21. The van der Waals surface area contributed by atoms with E-state index in [-0.39, 0.29) is 18.6 Å². The first-order valence-corrected chi connectivity index (χ1v) is 8.75. The molecule has 0 bridgehead atoms. The zero-order valence-corrected chi connectivity index (χ0v) is 11.8.